The third kappa shape index (κ3) is 4.71. The molecule has 0 spiro atoms. The molecule has 0 aliphatic heterocycles. The smallest absolute Gasteiger partial charge is 0.238 e. The van der Waals surface area contributed by atoms with Gasteiger partial charge in [0, 0.05) is 12.6 Å². The van der Waals surface area contributed by atoms with Gasteiger partial charge in [-0.1, -0.05) is 6.92 Å². The van der Waals surface area contributed by atoms with Crippen LogP contribution in [0.3, 0.4) is 0 Å². The van der Waals surface area contributed by atoms with Crippen LogP contribution < -0.4 is 15.8 Å². The van der Waals surface area contributed by atoms with Crippen molar-refractivity contribution in [3.63, 3.8) is 0 Å². The number of pyridine rings is 1. The number of rotatable bonds is 6. The van der Waals surface area contributed by atoms with Crippen molar-refractivity contribution in [2.45, 2.75) is 33.3 Å². The van der Waals surface area contributed by atoms with Crippen molar-refractivity contribution in [1.29, 1.82) is 0 Å². The summed E-state index contributed by atoms with van der Waals surface area (Å²) >= 11 is 0. The normalized spacial score (nSPS) is 12.3. The van der Waals surface area contributed by atoms with Gasteiger partial charge in [0.2, 0.25) is 11.8 Å². The molecular formula is C13H21N3O2. The molecule has 100 valence electrons. The lowest BCUT2D eigenvalue weighted by Gasteiger charge is -2.14. The summed E-state index contributed by atoms with van der Waals surface area (Å²) in [4.78, 5) is 15.9. The molecule has 18 heavy (non-hydrogen) atoms. The highest BCUT2D eigenvalue weighted by Crippen LogP contribution is 2.22. The van der Waals surface area contributed by atoms with Gasteiger partial charge in [0.25, 0.3) is 0 Å². The molecule has 1 amide bonds. The van der Waals surface area contributed by atoms with E-state index < -0.39 is 0 Å². The van der Waals surface area contributed by atoms with E-state index in [1.807, 2.05) is 20.8 Å². The van der Waals surface area contributed by atoms with E-state index >= 15 is 0 Å². The summed E-state index contributed by atoms with van der Waals surface area (Å²) in [6.07, 6.45) is 2.04. The SMILES string of the molecule is CC(CN)CC(=O)Nc1cccnc1OC(C)C. The molecular weight excluding hydrogens is 230 g/mol. The number of carbonyl (C=O) groups is 1. The lowest BCUT2D eigenvalue weighted by atomic mass is 10.1. The third-order valence-electron chi connectivity index (χ3n) is 2.33. The van der Waals surface area contributed by atoms with Gasteiger partial charge in [-0.15, -0.1) is 0 Å². The lowest BCUT2D eigenvalue weighted by Crippen LogP contribution is -2.20. The Morgan fingerprint density at radius 2 is 2.22 bits per heavy atom. The standard InChI is InChI=1S/C13H21N3O2/c1-9(2)18-13-11(5-4-6-15-13)16-12(17)7-10(3)8-14/h4-6,9-10H,7-8,14H2,1-3H3,(H,16,17). The molecule has 5 heteroatoms. The second-order valence-electron chi connectivity index (χ2n) is 4.62. The zero-order valence-electron chi connectivity index (χ0n) is 11.1. The molecule has 1 unspecified atom stereocenters. The minimum absolute atomic E-state index is 0.0125. The van der Waals surface area contributed by atoms with Crippen LogP contribution in [0.5, 0.6) is 5.88 Å². The van der Waals surface area contributed by atoms with E-state index in [-0.39, 0.29) is 17.9 Å². The molecule has 5 nitrogen and oxygen atoms in total. The predicted molar refractivity (Wildman–Crippen MR) is 71.5 cm³/mol. The van der Waals surface area contributed by atoms with Gasteiger partial charge in [-0.2, -0.15) is 0 Å². The van der Waals surface area contributed by atoms with Crippen molar-refractivity contribution in [1.82, 2.24) is 4.98 Å². The van der Waals surface area contributed by atoms with Crippen LogP contribution in [-0.2, 0) is 4.79 Å². The Morgan fingerprint density at radius 3 is 2.83 bits per heavy atom. The van der Waals surface area contributed by atoms with E-state index in [1.165, 1.54) is 0 Å². The largest absolute Gasteiger partial charge is 0.473 e. The number of anilines is 1. The second kappa shape index (κ2) is 6.96. The fourth-order valence-corrected chi connectivity index (χ4v) is 1.40. The minimum atomic E-state index is -0.0745. The average Bonchev–Trinajstić information content (AvgIpc) is 2.30. The first kappa shape index (κ1) is 14.4. The van der Waals surface area contributed by atoms with Crippen molar-refractivity contribution in [2.75, 3.05) is 11.9 Å². The first-order valence-electron chi connectivity index (χ1n) is 6.14. The maximum atomic E-state index is 11.8. The number of aromatic nitrogens is 1. The van der Waals surface area contributed by atoms with Crippen molar-refractivity contribution >= 4 is 11.6 Å². The van der Waals surface area contributed by atoms with E-state index in [1.54, 1.807) is 18.3 Å². The zero-order valence-corrected chi connectivity index (χ0v) is 11.1. The van der Waals surface area contributed by atoms with Crippen LogP contribution in [0.25, 0.3) is 0 Å². The number of hydrogen-bond donors (Lipinski definition) is 2. The van der Waals surface area contributed by atoms with Crippen LogP contribution in [0.15, 0.2) is 18.3 Å². The molecule has 1 aromatic rings. The van der Waals surface area contributed by atoms with Gasteiger partial charge in [-0.05, 0) is 38.4 Å². The Hall–Kier alpha value is -1.62. The van der Waals surface area contributed by atoms with Gasteiger partial charge in [-0.3, -0.25) is 4.79 Å². The van der Waals surface area contributed by atoms with Gasteiger partial charge >= 0.3 is 0 Å². The molecule has 1 rings (SSSR count). The summed E-state index contributed by atoms with van der Waals surface area (Å²) in [5.74, 6) is 0.534. The molecule has 3 N–H and O–H groups in total. The van der Waals surface area contributed by atoms with Crippen LogP contribution >= 0.6 is 0 Å². The highest BCUT2D eigenvalue weighted by Gasteiger charge is 2.12. The van der Waals surface area contributed by atoms with Crippen molar-refractivity contribution in [2.24, 2.45) is 11.7 Å². The summed E-state index contributed by atoms with van der Waals surface area (Å²) in [6, 6.07) is 3.53. The average molecular weight is 251 g/mol. The third-order valence-corrected chi connectivity index (χ3v) is 2.33. The number of hydrogen-bond acceptors (Lipinski definition) is 4. The van der Waals surface area contributed by atoms with Crippen LogP contribution in [0.4, 0.5) is 5.69 Å². The molecule has 1 aromatic heterocycles. The van der Waals surface area contributed by atoms with Gasteiger partial charge in [0.05, 0.1) is 6.10 Å². The highest BCUT2D eigenvalue weighted by atomic mass is 16.5. The van der Waals surface area contributed by atoms with E-state index in [9.17, 15) is 4.79 Å². The summed E-state index contributed by atoms with van der Waals surface area (Å²) in [5.41, 5.74) is 6.09. The monoisotopic (exact) mass is 251 g/mol. The molecule has 0 aliphatic rings. The maximum absolute atomic E-state index is 11.8. The molecule has 0 fully saturated rings. The molecule has 0 saturated carbocycles. The Kier molecular flexibility index (Phi) is 5.58. The van der Waals surface area contributed by atoms with E-state index in [2.05, 4.69) is 10.3 Å². The summed E-state index contributed by atoms with van der Waals surface area (Å²) in [6.45, 7) is 6.26. The first-order valence-corrected chi connectivity index (χ1v) is 6.14. The molecule has 0 aromatic carbocycles. The number of nitrogens with zero attached hydrogens (tertiary/aromatic N) is 1. The van der Waals surface area contributed by atoms with Gasteiger partial charge in [0.15, 0.2) is 0 Å². The Morgan fingerprint density at radius 1 is 1.50 bits per heavy atom. The van der Waals surface area contributed by atoms with E-state index in [0.717, 1.165) is 0 Å². The number of nitrogens with one attached hydrogen (secondary N) is 1. The lowest BCUT2D eigenvalue weighted by molar-refractivity contribution is -0.116. The number of carbonyl (C=O) groups excluding carboxylic acids is 1. The van der Waals surface area contributed by atoms with Crippen molar-refractivity contribution < 1.29 is 9.53 Å². The predicted octanol–water partition coefficient (Wildman–Crippen LogP) is 1.79. The summed E-state index contributed by atoms with van der Waals surface area (Å²) in [7, 11) is 0. The fourth-order valence-electron chi connectivity index (χ4n) is 1.40. The van der Waals surface area contributed by atoms with Crippen LogP contribution in [0.2, 0.25) is 0 Å². The molecule has 0 aliphatic carbocycles. The van der Waals surface area contributed by atoms with Crippen LogP contribution in [0, 0.1) is 5.92 Å². The molecule has 1 heterocycles. The first-order chi connectivity index (χ1) is 8.52. The zero-order chi connectivity index (χ0) is 13.5. The minimum Gasteiger partial charge on any atom is -0.473 e. The van der Waals surface area contributed by atoms with Crippen molar-refractivity contribution in [3.8, 4) is 5.88 Å². The topological polar surface area (TPSA) is 77.2 Å². The molecule has 0 bridgehead atoms. The quantitative estimate of drug-likeness (QED) is 0.808. The molecule has 0 radical (unpaired) electrons. The van der Waals surface area contributed by atoms with E-state index in [0.29, 0.717) is 24.5 Å². The van der Waals surface area contributed by atoms with Gasteiger partial charge in [-0.25, -0.2) is 4.98 Å². The van der Waals surface area contributed by atoms with E-state index in [4.69, 9.17) is 10.5 Å². The van der Waals surface area contributed by atoms with Gasteiger partial charge in [0.1, 0.15) is 5.69 Å². The Balaban J connectivity index is 2.68. The Labute approximate surface area is 108 Å². The summed E-state index contributed by atoms with van der Waals surface area (Å²) < 4.78 is 5.53. The number of amides is 1. The fraction of sp³-hybridized carbons (Fsp3) is 0.538. The number of nitrogens with two attached hydrogens (primary N) is 1. The molecule has 1 atom stereocenters. The van der Waals surface area contributed by atoms with Gasteiger partial charge < -0.3 is 15.8 Å². The highest BCUT2D eigenvalue weighted by molar-refractivity contribution is 5.91. The Bertz CT molecular complexity index is 394. The maximum Gasteiger partial charge on any atom is 0.238 e. The van der Waals surface area contributed by atoms with Crippen molar-refractivity contribution in [3.05, 3.63) is 18.3 Å². The van der Waals surface area contributed by atoms with Crippen LogP contribution in [-0.4, -0.2) is 23.5 Å². The molecule has 0 saturated heterocycles. The second-order valence-corrected chi connectivity index (χ2v) is 4.62. The summed E-state index contributed by atoms with van der Waals surface area (Å²) in [5, 5.41) is 2.80. The number of ether oxygens (including phenoxy) is 1. The van der Waals surface area contributed by atoms with Crippen LogP contribution in [0.1, 0.15) is 27.2 Å².